The van der Waals surface area contributed by atoms with Gasteiger partial charge in [0.15, 0.2) is 0 Å². The molecule has 1 saturated carbocycles. The van der Waals surface area contributed by atoms with E-state index in [1.807, 2.05) is 0 Å². The Hall–Kier alpha value is -1.32. The number of hydrogen-bond donors (Lipinski definition) is 1. The Labute approximate surface area is 128 Å². The van der Waals surface area contributed by atoms with Crippen molar-refractivity contribution < 1.29 is 0 Å². The molecule has 1 aliphatic carbocycles. The summed E-state index contributed by atoms with van der Waals surface area (Å²) in [6, 6.07) is 0.714. The predicted octanol–water partition coefficient (Wildman–Crippen LogP) is 3.55. The predicted molar refractivity (Wildman–Crippen MR) is 88.0 cm³/mol. The Morgan fingerprint density at radius 1 is 1.14 bits per heavy atom. The number of aryl methyl sites for hydroxylation is 1. The molecule has 0 spiro atoms. The second kappa shape index (κ2) is 6.20. The minimum absolute atomic E-state index is 0.714. The molecule has 0 radical (unpaired) electrons. The molecule has 1 aromatic rings. The summed E-state index contributed by atoms with van der Waals surface area (Å²) >= 11 is 0. The van der Waals surface area contributed by atoms with Crippen LogP contribution in [0.5, 0.6) is 0 Å². The number of fused-ring (bicyclic) bond motifs is 1. The van der Waals surface area contributed by atoms with Crippen LogP contribution in [0.15, 0.2) is 0 Å². The molecule has 2 fully saturated rings. The van der Waals surface area contributed by atoms with E-state index in [2.05, 4.69) is 36.0 Å². The summed E-state index contributed by atoms with van der Waals surface area (Å²) in [5, 5.41) is 3.41. The molecule has 2 unspecified atom stereocenters. The zero-order valence-corrected chi connectivity index (χ0v) is 13.7. The molecule has 1 saturated heterocycles. The molecule has 1 aromatic heterocycles. The lowest BCUT2D eigenvalue weighted by molar-refractivity contribution is 0.360. The van der Waals surface area contributed by atoms with Gasteiger partial charge in [0.2, 0.25) is 0 Å². The fourth-order valence-corrected chi connectivity index (χ4v) is 4.04. The van der Waals surface area contributed by atoms with Crippen LogP contribution < -0.4 is 10.2 Å². The van der Waals surface area contributed by atoms with Crippen LogP contribution in [0.4, 0.5) is 11.6 Å². The molecule has 1 N–H and O–H groups in total. The second-order valence-corrected chi connectivity index (χ2v) is 6.41. The molecule has 4 nitrogen and oxygen atoms in total. The first-order chi connectivity index (χ1) is 10.2. The van der Waals surface area contributed by atoms with Crippen molar-refractivity contribution in [3.63, 3.8) is 0 Å². The summed E-state index contributed by atoms with van der Waals surface area (Å²) < 4.78 is 0. The van der Waals surface area contributed by atoms with Crippen molar-refractivity contribution in [1.82, 2.24) is 9.97 Å². The quantitative estimate of drug-likeness (QED) is 0.920. The molecule has 1 aliphatic heterocycles. The van der Waals surface area contributed by atoms with Crippen molar-refractivity contribution in [2.45, 2.75) is 65.3 Å². The number of anilines is 2. The van der Waals surface area contributed by atoms with Gasteiger partial charge in [-0.3, -0.25) is 0 Å². The number of aromatic nitrogens is 2. The fraction of sp³-hybridized carbons (Fsp3) is 0.765. The van der Waals surface area contributed by atoms with Gasteiger partial charge in [-0.15, -0.1) is 0 Å². The monoisotopic (exact) mass is 288 g/mol. The third-order valence-electron chi connectivity index (χ3n) is 5.09. The zero-order valence-electron chi connectivity index (χ0n) is 13.7. The maximum Gasteiger partial charge on any atom is 0.137 e. The Balaban J connectivity index is 1.97. The van der Waals surface area contributed by atoms with Crippen LogP contribution in [0, 0.1) is 12.8 Å². The van der Waals surface area contributed by atoms with Gasteiger partial charge < -0.3 is 10.2 Å². The van der Waals surface area contributed by atoms with Crippen LogP contribution in [0.3, 0.4) is 0 Å². The van der Waals surface area contributed by atoms with E-state index in [1.165, 1.54) is 43.5 Å². The lowest BCUT2D eigenvalue weighted by Gasteiger charge is -2.39. The van der Waals surface area contributed by atoms with Crippen LogP contribution in [0.1, 0.15) is 57.3 Å². The van der Waals surface area contributed by atoms with Gasteiger partial charge in [-0.25, -0.2) is 9.97 Å². The van der Waals surface area contributed by atoms with E-state index in [0.29, 0.717) is 6.04 Å². The summed E-state index contributed by atoms with van der Waals surface area (Å²) in [6.45, 7) is 8.51. The maximum absolute atomic E-state index is 4.89. The normalized spacial score (nSPS) is 25.0. The molecule has 3 rings (SSSR count). The third-order valence-corrected chi connectivity index (χ3v) is 5.09. The second-order valence-electron chi connectivity index (χ2n) is 6.41. The fourth-order valence-electron chi connectivity index (χ4n) is 4.04. The minimum Gasteiger partial charge on any atom is -0.370 e. The lowest BCUT2D eigenvalue weighted by Crippen LogP contribution is -2.43. The molecule has 2 heterocycles. The van der Waals surface area contributed by atoms with E-state index in [-0.39, 0.29) is 0 Å². The van der Waals surface area contributed by atoms with Crippen LogP contribution in [-0.2, 0) is 6.42 Å². The van der Waals surface area contributed by atoms with Gasteiger partial charge in [-0.2, -0.15) is 0 Å². The van der Waals surface area contributed by atoms with Crippen LogP contribution in [0.25, 0.3) is 0 Å². The third kappa shape index (κ3) is 2.72. The molecule has 0 amide bonds. The van der Waals surface area contributed by atoms with Gasteiger partial charge >= 0.3 is 0 Å². The van der Waals surface area contributed by atoms with Gasteiger partial charge in [0.25, 0.3) is 0 Å². The van der Waals surface area contributed by atoms with Gasteiger partial charge in [0.05, 0.1) is 0 Å². The summed E-state index contributed by atoms with van der Waals surface area (Å²) in [6.07, 6.45) is 7.75. The first-order valence-corrected chi connectivity index (χ1v) is 8.62. The van der Waals surface area contributed by atoms with E-state index in [1.54, 1.807) is 0 Å². The van der Waals surface area contributed by atoms with Crippen LogP contribution >= 0.6 is 0 Å². The number of nitrogens with zero attached hydrogens (tertiary/aromatic N) is 3. The average molecular weight is 288 g/mol. The van der Waals surface area contributed by atoms with Crippen molar-refractivity contribution in [3.05, 3.63) is 11.4 Å². The zero-order chi connectivity index (χ0) is 14.8. The van der Waals surface area contributed by atoms with Crippen molar-refractivity contribution >= 4 is 11.6 Å². The van der Waals surface area contributed by atoms with Gasteiger partial charge in [-0.05, 0) is 45.4 Å². The standard InChI is InChI=1S/C17H28N4/c1-4-15-19-16(18-5-2)12(3)17(20-15)21-11-7-9-13-8-6-10-14(13)21/h13-14H,4-11H2,1-3H3,(H,18,19,20). The highest BCUT2D eigenvalue weighted by Gasteiger charge is 2.36. The SMILES string of the molecule is CCNc1nc(CC)nc(N2CCCC3CCCC32)c1C. The average Bonchev–Trinajstić information content (AvgIpc) is 2.98. The van der Waals surface area contributed by atoms with Crippen molar-refractivity contribution in [3.8, 4) is 0 Å². The Morgan fingerprint density at radius 3 is 2.71 bits per heavy atom. The molecular formula is C17H28N4. The highest BCUT2D eigenvalue weighted by Crippen LogP contribution is 2.40. The van der Waals surface area contributed by atoms with Crippen LogP contribution in [0.2, 0.25) is 0 Å². The first-order valence-electron chi connectivity index (χ1n) is 8.62. The first kappa shape index (κ1) is 14.6. The topological polar surface area (TPSA) is 41.1 Å². The Morgan fingerprint density at radius 2 is 1.95 bits per heavy atom. The number of nitrogens with one attached hydrogen (secondary N) is 1. The van der Waals surface area contributed by atoms with Crippen molar-refractivity contribution in [2.75, 3.05) is 23.3 Å². The molecule has 0 bridgehead atoms. The molecule has 116 valence electrons. The largest absolute Gasteiger partial charge is 0.370 e. The van der Waals surface area contributed by atoms with E-state index < -0.39 is 0 Å². The van der Waals surface area contributed by atoms with Crippen molar-refractivity contribution in [2.24, 2.45) is 5.92 Å². The van der Waals surface area contributed by atoms with Crippen molar-refractivity contribution in [1.29, 1.82) is 0 Å². The summed E-state index contributed by atoms with van der Waals surface area (Å²) in [7, 11) is 0. The summed E-state index contributed by atoms with van der Waals surface area (Å²) in [5.74, 6) is 4.07. The molecule has 2 aliphatic rings. The summed E-state index contributed by atoms with van der Waals surface area (Å²) in [4.78, 5) is 12.2. The Kier molecular flexibility index (Phi) is 4.32. The smallest absolute Gasteiger partial charge is 0.137 e. The van der Waals surface area contributed by atoms with Crippen LogP contribution in [-0.4, -0.2) is 29.1 Å². The number of piperidine rings is 1. The van der Waals surface area contributed by atoms with E-state index in [9.17, 15) is 0 Å². The molecule has 2 atom stereocenters. The van der Waals surface area contributed by atoms with Gasteiger partial charge in [0.1, 0.15) is 17.5 Å². The Bertz CT molecular complexity index is 500. The lowest BCUT2D eigenvalue weighted by atomic mass is 9.91. The molecule has 21 heavy (non-hydrogen) atoms. The highest BCUT2D eigenvalue weighted by molar-refractivity contribution is 5.59. The molecule has 4 heteroatoms. The molecular weight excluding hydrogens is 260 g/mol. The minimum atomic E-state index is 0.714. The van der Waals surface area contributed by atoms with Gasteiger partial charge in [0, 0.05) is 31.1 Å². The maximum atomic E-state index is 4.89. The van der Waals surface area contributed by atoms with E-state index in [4.69, 9.17) is 4.98 Å². The van der Waals surface area contributed by atoms with E-state index >= 15 is 0 Å². The summed E-state index contributed by atoms with van der Waals surface area (Å²) in [5.41, 5.74) is 1.22. The number of hydrogen-bond acceptors (Lipinski definition) is 4. The van der Waals surface area contributed by atoms with Gasteiger partial charge in [-0.1, -0.05) is 13.3 Å². The van der Waals surface area contributed by atoms with E-state index in [0.717, 1.165) is 37.1 Å². The molecule has 0 aromatic carbocycles. The number of rotatable bonds is 4. The highest BCUT2D eigenvalue weighted by atomic mass is 15.2.